The van der Waals surface area contributed by atoms with E-state index < -0.39 is 0 Å². The van der Waals surface area contributed by atoms with E-state index in [1.165, 1.54) is 18.4 Å². The highest BCUT2D eigenvalue weighted by atomic mass is 79.9. The van der Waals surface area contributed by atoms with Gasteiger partial charge >= 0.3 is 0 Å². The number of benzene rings is 1. The van der Waals surface area contributed by atoms with Crippen molar-refractivity contribution in [2.75, 3.05) is 13.1 Å². The summed E-state index contributed by atoms with van der Waals surface area (Å²) in [5, 5.41) is 13.3. The van der Waals surface area contributed by atoms with Gasteiger partial charge in [0, 0.05) is 4.47 Å². The summed E-state index contributed by atoms with van der Waals surface area (Å²) in [6, 6.07) is 3.70. The first kappa shape index (κ1) is 11.9. The van der Waals surface area contributed by atoms with Gasteiger partial charge in [-0.15, -0.1) is 0 Å². The molecule has 1 saturated heterocycles. The van der Waals surface area contributed by atoms with Crippen molar-refractivity contribution in [1.82, 2.24) is 5.32 Å². The molecule has 0 spiro atoms. The first-order valence-electron chi connectivity index (χ1n) is 5.86. The van der Waals surface area contributed by atoms with E-state index in [-0.39, 0.29) is 0 Å². The van der Waals surface area contributed by atoms with Crippen molar-refractivity contribution in [3.8, 4) is 5.75 Å². The summed E-state index contributed by atoms with van der Waals surface area (Å²) in [5.74, 6) is 1.15. The number of phenolic OH excluding ortho intramolecular Hbond substituents is 1. The Morgan fingerprint density at radius 3 is 2.75 bits per heavy atom. The summed E-state index contributed by atoms with van der Waals surface area (Å²) >= 11 is 3.52. The van der Waals surface area contributed by atoms with Gasteiger partial charge in [0.15, 0.2) is 0 Å². The molecule has 16 heavy (non-hydrogen) atoms. The number of hydrogen-bond acceptors (Lipinski definition) is 2. The average Bonchev–Trinajstić information content (AvgIpc) is 2.31. The monoisotopic (exact) mass is 283 g/mol. The summed E-state index contributed by atoms with van der Waals surface area (Å²) in [7, 11) is 0. The number of piperidine rings is 1. The number of aromatic hydroxyl groups is 1. The third kappa shape index (κ3) is 2.58. The maximum Gasteiger partial charge on any atom is 0.119 e. The molecule has 0 radical (unpaired) electrons. The second-order valence-corrected chi connectivity index (χ2v) is 5.42. The predicted octanol–water partition coefficient (Wildman–Crippen LogP) is 3.01. The minimum Gasteiger partial charge on any atom is -0.508 e. The molecule has 2 nitrogen and oxygen atoms in total. The SMILES string of the molecule is Cc1c(Br)ccc(O)c1CC1CCNCC1. The molecule has 2 N–H and O–H groups in total. The van der Waals surface area contributed by atoms with Crippen molar-refractivity contribution in [1.29, 1.82) is 0 Å². The summed E-state index contributed by atoms with van der Waals surface area (Å²) in [5.41, 5.74) is 2.29. The molecule has 3 heteroatoms. The van der Waals surface area contributed by atoms with Crippen LogP contribution in [0.2, 0.25) is 0 Å². The molecule has 1 fully saturated rings. The number of rotatable bonds is 2. The van der Waals surface area contributed by atoms with Gasteiger partial charge in [-0.2, -0.15) is 0 Å². The highest BCUT2D eigenvalue weighted by Gasteiger charge is 2.17. The van der Waals surface area contributed by atoms with Crippen LogP contribution in [0.1, 0.15) is 24.0 Å². The molecule has 1 aromatic carbocycles. The van der Waals surface area contributed by atoms with Crippen LogP contribution >= 0.6 is 15.9 Å². The fourth-order valence-electron chi connectivity index (χ4n) is 2.35. The molecule has 0 aliphatic carbocycles. The zero-order chi connectivity index (χ0) is 11.5. The number of phenols is 1. The van der Waals surface area contributed by atoms with E-state index in [4.69, 9.17) is 0 Å². The second kappa shape index (κ2) is 5.19. The van der Waals surface area contributed by atoms with E-state index in [0.29, 0.717) is 11.7 Å². The minimum atomic E-state index is 0.444. The van der Waals surface area contributed by atoms with Crippen molar-refractivity contribution in [3.05, 3.63) is 27.7 Å². The lowest BCUT2D eigenvalue weighted by molar-refractivity contribution is 0.366. The van der Waals surface area contributed by atoms with Gasteiger partial charge in [-0.05, 0) is 68.5 Å². The van der Waals surface area contributed by atoms with E-state index in [9.17, 15) is 5.11 Å². The molecule has 0 unspecified atom stereocenters. The number of nitrogens with one attached hydrogen (secondary N) is 1. The van der Waals surface area contributed by atoms with E-state index in [0.717, 1.165) is 29.5 Å². The quantitative estimate of drug-likeness (QED) is 0.875. The van der Waals surface area contributed by atoms with Crippen LogP contribution in [0.15, 0.2) is 16.6 Å². The third-order valence-electron chi connectivity index (χ3n) is 3.46. The van der Waals surface area contributed by atoms with Crippen LogP contribution in [0.5, 0.6) is 5.75 Å². The zero-order valence-corrected chi connectivity index (χ0v) is 11.2. The molecule has 1 aromatic rings. The molecule has 1 aliphatic rings. The van der Waals surface area contributed by atoms with Gasteiger partial charge in [-0.3, -0.25) is 0 Å². The van der Waals surface area contributed by atoms with Crippen molar-refractivity contribution >= 4 is 15.9 Å². The van der Waals surface area contributed by atoms with Crippen molar-refractivity contribution < 1.29 is 5.11 Å². The summed E-state index contributed by atoms with van der Waals surface area (Å²) in [6.45, 7) is 4.29. The molecule has 88 valence electrons. The number of halogens is 1. The van der Waals surface area contributed by atoms with E-state index >= 15 is 0 Å². The first-order chi connectivity index (χ1) is 7.68. The Kier molecular flexibility index (Phi) is 3.87. The third-order valence-corrected chi connectivity index (χ3v) is 4.32. The maximum absolute atomic E-state index is 9.91. The normalized spacial score (nSPS) is 17.6. The van der Waals surface area contributed by atoms with Gasteiger partial charge in [0.2, 0.25) is 0 Å². The molecular formula is C13H18BrNO. The van der Waals surface area contributed by atoms with Crippen LogP contribution in [-0.4, -0.2) is 18.2 Å². The summed E-state index contributed by atoms with van der Waals surface area (Å²) in [4.78, 5) is 0. The van der Waals surface area contributed by atoms with Gasteiger partial charge in [0.05, 0.1) is 0 Å². The maximum atomic E-state index is 9.91. The van der Waals surface area contributed by atoms with Crippen LogP contribution in [0.4, 0.5) is 0 Å². The van der Waals surface area contributed by atoms with E-state index in [1.54, 1.807) is 6.07 Å². The minimum absolute atomic E-state index is 0.444. The lowest BCUT2D eigenvalue weighted by atomic mass is 9.89. The van der Waals surface area contributed by atoms with Crippen molar-refractivity contribution in [2.45, 2.75) is 26.2 Å². The van der Waals surface area contributed by atoms with Gasteiger partial charge < -0.3 is 10.4 Å². The molecule has 1 aliphatic heterocycles. The van der Waals surface area contributed by atoms with Crippen LogP contribution in [0.25, 0.3) is 0 Å². The van der Waals surface area contributed by atoms with Gasteiger partial charge in [0.1, 0.15) is 5.75 Å². The average molecular weight is 284 g/mol. The van der Waals surface area contributed by atoms with E-state index in [1.807, 2.05) is 6.07 Å². The molecule has 0 atom stereocenters. The Hall–Kier alpha value is -0.540. The fourth-order valence-corrected chi connectivity index (χ4v) is 2.72. The summed E-state index contributed by atoms with van der Waals surface area (Å²) < 4.78 is 1.09. The zero-order valence-electron chi connectivity index (χ0n) is 9.59. The van der Waals surface area contributed by atoms with Crippen LogP contribution in [0, 0.1) is 12.8 Å². The molecule has 1 heterocycles. The lowest BCUT2D eigenvalue weighted by Gasteiger charge is -2.23. The summed E-state index contributed by atoms with van der Waals surface area (Å²) in [6.07, 6.45) is 3.43. The Labute approximate surface area is 105 Å². The van der Waals surface area contributed by atoms with Gasteiger partial charge in [-0.25, -0.2) is 0 Å². The number of hydrogen-bond donors (Lipinski definition) is 2. The Morgan fingerprint density at radius 1 is 1.38 bits per heavy atom. The predicted molar refractivity (Wildman–Crippen MR) is 69.8 cm³/mol. The molecular weight excluding hydrogens is 266 g/mol. The van der Waals surface area contributed by atoms with Gasteiger partial charge in [0.25, 0.3) is 0 Å². The Morgan fingerprint density at radius 2 is 2.06 bits per heavy atom. The topological polar surface area (TPSA) is 32.3 Å². The highest BCUT2D eigenvalue weighted by Crippen LogP contribution is 2.31. The largest absolute Gasteiger partial charge is 0.508 e. The van der Waals surface area contributed by atoms with Crippen LogP contribution in [0.3, 0.4) is 0 Å². The smallest absolute Gasteiger partial charge is 0.119 e. The Balaban J connectivity index is 2.16. The second-order valence-electron chi connectivity index (χ2n) is 4.57. The van der Waals surface area contributed by atoms with Crippen LogP contribution in [-0.2, 0) is 6.42 Å². The Bertz CT molecular complexity index is 372. The molecule has 0 aromatic heterocycles. The fraction of sp³-hybridized carbons (Fsp3) is 0.538. The van der Waals surface area contributed by atoms with Crippen molar-refractivity contribution in [3.63, 3.8) is 0 Å². The standard InChI is InChI=1S/C13H18BrNO/c1-9-11(13(16)3-2-12(9)14)8-10-4-6-15-7-5-10/h2-3,10,15-16H,4-8H2,1H3. The van der Waals surface area contributed by atoms with E-state index in [2.05, 4.69) is 28.2 Å². The lowest BCUT2D eigenvalue weighted by Crippen LogP contribution is -2.28. The van der Waals surface area contributed by atoms with Crippen LogP contribution < -0.4 is 5.32 Å². The molecule has 2 rings (SSSR count). The van der Waals surface area contributed by atoms with Gasteiger partial charge in [-0.1, -0.05) is 15.9 Å². The first-order valence-corrected chi connectivity index (χ1v) is 6.65. The molecule has 0 amide bonds. The van der Waals surface area contributed by atoms with Crippen molar-refractivity contribution in [2.24, 2.45) is 5.92 Å². The highest BCUT2D eigenvalue weighted by molar-refractivity contribution is 9.10. The molecule has 0 saturated carbocycles. The molecule has 0 bridgehead atoms.